The molecule has 150 valence electrons. The molecule has 0 bridgehead atoms. The van der Waals surface area contributed by atoms with Gasteiger partial charge in [-0.05, 0) is 35.4 Å². The first kappa shape index (κ1) is 18.9. The second-order valence-electron chi connectivity index (χ2n) is 7.84. The van der Waals surface area contributed by atoms with E-state index in [0.717, 1.165) is 33.0 Å². The van der Waals surface area contributed by atoms with Crippen LogP contribution in [0, 0.1) is 0 Å². The molecule has 4 aromatic rings. The van der Waals surface area contributed by atoms with E-state index in [1.807, 2.05) is 59.5 Å². The number of halogens is 1. The number of amides is 1. The molecule has 3 aromatic carbocycles. The molecule has 1 atom stereocenters. The summed E-state index contributed by atoms with van der Waals surface area (Å²) < 4.78 is 2.24. The van der Waals surface area contributed by atoms with Crippen LogP contribution in [-0.4, -0.2) is 26.9 Å². The van der Waals surface area contributed by atoms with E-state index in [4.69, 9.17) is 16.6 Å². The van der Waals surface area contributed by atoms with Gasteiger partial charge in [0.1, 0.15) is 5.82 Å². The highest BCUT2D eigenvalue weighted by atomic mass is 35.5. The molecule has 5 heteroatoms. The molecule has 5 rings (SSSR count). The summed E-state index contributed by atoms with van der Waals surface area (Å²) in [7, 11) is 0. The van der Waals surface area contributed by atoms with Crippen LogP contribution in [0.3, 0.4) is 0 Å². The minimum atomic E-state index is 0.0767. The lowest BCUT2D eigenvalue weighted by Crippen LogP contribution is -2.24. The smallest absolute Gasteiger partial charge is 0.223 e. The number of aromatic nitrogens is 2. The van der Waals surface area contributed by atoms with Crippen LogP contribution >= 0.6 is 11.6 Å². The predicted octanol–water partition coefficient (Wildman–Crippen LogP) is 5.25. The number of likely N-dealkylation sites (tertiary alicyclic amines) is 1. The molecular formula is C25H22ClN3O. The van der Waals surface area contributed by atoms with Crippen molar-refractivity contribution >= 4 is 28.5 Å². The molecule has 4 nitrogen and oxygen atoms in total. The molecule has 0 aliphatic carbocycles. The zero-order valence-corrected chi connectivity index (χ0v) is 17.3. The molecule has 1 fully saturated rings. The number of para-hydroxylation sites is 2. The minimum absolute atomic E-state index is 0.0767. The summed E-state index contributed by atoms with van der Waals surface area (Å²) in [5.74, 6) is 1.23. The maximum absolute atomic E-state index is 12.8. The van der Waals surface area contributed by atoms with E-state index in [-0.39, 0.29) is 11.8 Å². The Labute approximate surface area is 180 Å². The fourth-order valence-electron chi connectivity index (χ4n) is 4.29. The van der Waals surface area contributed by atoms with Gasteiger partial charge in [0.25, 0.3) is 0 Å². The topological polar surface area (TPSA) is 38.1 Å². The van der Waals surface area contributed by atoms with Crippen molar-refractivity contribution in [3.63, 3.8) is 0 Å². The highest BCUT2D eigenvalue weighted by Crippen LogP contribution is 2.32. The Morgan fingerprint density at radius 1 is 0.900 bits per heavy atom. The highest BCUT2D eigenvalue weighted by Gasteiger charge is 2.34. The van der Waals surface area contributed by atoms with E-state index in [0.29, 0.717) is 26.1 Å². The molecule has 0 spiro atoms. The number of carbonyl (C=O) groups is 1. The number of hydrogen-bond donors (Lipinski definition) is 0. The number of imidazole rings is 1. The van der Waals surface area contributed by atoms with E-state index < -0.39 is 0 Å². The Kier molecular flexibility index (Phi) is 5.01. The zero-order chi connectivity index (χ0) is 20.5. The number of nitrogens with zero attached hydrogens (tertiary/aromatic N) is 3. The molecule has 2 heterocycles. The van der Waals surface area contributed by atoms with Crippen LogP contribution in [0.15, 0.2) is 78.9 Å². The second-order valence-corrected chi connectivity index (χ2v) is 8.27. The zero-order valence-electron chi connectivity index (χ0n) is 16.5. The van der Waals surface area contributed by atoms with Gasteiger partial charge < -0.3 is 9.47 Å². The normalized spacial score (nSPS) is 16.5. The van der Waals surface area contributed by atoms with Crippen LogP contribution in [0.4, 0.5) is 0 Å². The van der Waals surface area contributed by atoms with Crippen molar-refractivity contribution in [3.05, 3.63) is 101 Å². The highest BCUT2D eigenvalue weighted by molar-refractivity contribution is 6.30. The van der Waals surface area contributed by atoms with Gasteiger partial charge in [-0.25, -0.2) is 4.98 Å². The Morgan fingerprint density at radius 2 is 1.67 bits per heavy atom. The molecule has 1 amide bonds. The number of fused-ring (bicyclic) bond motifs is 1. The molecule has 1 aliphatic heterocycles. The van der Waals surface area contributed by atoms with Crippen LogP contribution in [0.1, 0.15) is 29.3 Å². The maximum Gasteiger partial charge on any atom is 0.223 e. The van der Waals surface area contributed by atoms with Crippen molar-refractivity contribution in [2.75, 3.05) is 6.54 Å². The van der Waals surface area contributed by atoms with Gasteiger partial charge in [-0.15, -0.1) is 0 Å². The first-order valence-electron chi connectivity index (χ1n) is 10.2. The molecule has 30 heavy (non-hydrogen) atoms. The van der Waals surface area contributed by atoms with Gasteiger partial charge in [-0.3, -0.25) is 4.79 Å². The van der Waals surface area contributed by atoms with Crippen LogP contribution in [0.2, 0.25) is 5.02 Å². The average Bonchev–Trinajstić information content (AvgIpc) is 3.30. The van der Waals surface area contributed by atoms with Crippen molar-refractivity contribution in [1.82, 2.24) is 14.5 Å². The van der Waals surface area contributed by atoms with E-state index in [1.165, 1.54) is 0 Å². The summed E-state index contributed by atoms with van der Waals surface area (Å²) in [6.45, 7) is 2.01. The Hall–Kier alpha value is -3.11. The molecule has 1 unspecified atom stereocenters. The van der Waals surface area contributed by atoms with E-state index in [9.17, 15) is 4.79 Å². The Balaban J connectivity index is 1.47. The quantitative estimate of drug-likeness (QED) is 0.446. The third-order valence-electron chi connectivity index (χ3n) is 5.71. The van der Waals surface area contributed by atoms with Crippen molar-refractivity contribution in [1.29, 1.82) is 0 Å². The van der Waals surface area contributed by atoms with Crippen molar-refractivity contribution in [2.45, 2.75) is 25.4 Å². The Morgan fingerprint density at radius 3 is 2.50 bits per heavy atom. The lowest BCUT2D eigenvalue weighted by molar-refractivity contribution is -0.128. The lowest BCUT2D eigenvalue weighted by Gasteiger charge is -2.17. The minimum Gasteiger partial charge on any atom is -0.338 e. The first-order valence-corrected chi connectivity index (χ1v) is 10.6. The van der Waals surface area contributed by atoms with Gasteiger partial charge in [-0.1, -0.05) is 66.2 Å². The van der Waals surface area contributed by atoms with Gasteiger partial charge in [0.15, 0.2) is 0 Å². The third-order valence-corrected chi connectivity index (χ3v) is 5.94. The summed E-state index contributed by atoms with van der Waals surface area (Å²) in [5, 5.41) is 0.726. The molecule has 0 saturated carbocycles. The summed E-state index contributed by atoms with van der Waals surface area (Å²) >= 11 is 6.21. The fraction of sp³-hybridized carbons (Fsp3) is 0.200. The van der Waals surface area contributed by atoms with Crippen molar-refractivity contribution < 1.29 is 4.79 Å². The number of hydrogen-bond acceptors (Lipinski definition) is 2. The van der Waals surface area contributed by atoms with Crippen molar-refractivity contribution in [3.8, 4) is 0 Å². The van der Waals surface area contributed by atoms with E-state index >= 15 is 0 Å². The number of carbonyl (C=O) groups excluding carboxylic acids is 1. The first-order chi connectivity index (χ1) is 14.7. The number of rotatable bonds is 5. The monoisotopic (exact) mass is 415 g/mol. The van der Waals surface area contributed by atoms with Gasteiger partial charge in [-0.2, -0.15) is 0 Å². The fourth-order valence-corrected chi connectivity index (χ4v) is 4.50. The largest absolute Gasteiger partial charge is 0.338 e. The van der Waals surface area contributed by atoms with Crippen LogP contribution in [-0.2, 0) is 17.9 Å². The molecule has 0 N–H and O–H groups in total. The summed E-state index contributed by atoms with van der Waals surface area (Å²) in [4.78, 5) is 19.7. The molecule has 1 saturated heterocycles. The van der Waals surface area contributed by atoms with Crippen molar-refractivity contribution in [2.24, 2.45) is 0 Å². The molecule has 1 aromatic heterocycles. The molecule has 1 aliphatic rings. The summed E-state index contributed by atoms with van der Waals surface area (Å²) in [6, 6.07) is 26.2. The second kappa shape index (κ2) is 7.96. The predicted molar refractivity (Wildman–Crippen MR) is 120 cm³/mol. The van der Waals surface area contributed by atoms with Gasteiger partial charge in [0, 0.05) is 37.0 Å². The SMILES string of the molecule is O=C1CC(c2nc3ccccc3n2Cc2cccc(Cl)c2)CN1Cc1ccccc1. The van der Waals surface area contributed by atoms with E-state index in [2.05, 4.69) is 28.8 Å². The maximum atomic E-state index is 12.8. The summed E-state index contributed by atoms with van der Waals surface area (Å²) in [6.07, 6.45) is 0.492. The molecular weight excluding hydrogens is 394 g/mol. The average molecular weight is 416 g/mol. The van der Waals surface area contributed by atoms with Gasteiger partial charge in [0.05, 0.1) is 11.0 Å². The molecule has 0 radical (unpaired) electrons. The van der Waals surface area contributed by atoms with Gasteiger partial charge >= 0.3 is 0 Å². The van der Waals surface area contributed by atoms with Gasteiger partial charge in [0.2, 0.25) is 5.91 Å². The summed E-state index contributed by atoms with van der Waals surface area (Å²) in [5.41, 5.74) is 4.32. The van der Waals surface area contributed by atoms with Crippen LogP contribution in [0.5, 0.6) is 0 Å². The van der Waals surface area contributed by atoms with Crippen LogP contribution < -0.4 is 0 Å². The third kappa shape index (κ3) is 3.71. The lowest BCUT2D eigenvalue weighted by atomic mass is 10.1. The van der Waals surface area contributed by atoms with Crippen LogP contribution in [0.25, 0.3) is 11.0 Å². The Bertz CT molecular complexity index is 1200. The standard InChI is InChI=1S/C25H22ClN3O/c26-21-10-6-9-19(13-21)16-29-23-12-5-4-11-22(23)27-25(29)20-14-24(30)28(17-20)15-18-7-2-1-3-8-18/h1-13,20H,14-17H2. The van der Waals surface area contributed by atoms with E-state index in [1.54, 1.807) is 0 Å². The number of benzene rings is 3.